The van der Waals surface area contributed by atoms with E-state index in [9.17, 15) is 8.42 Å². The van der Waals surface area contributed by atoms with Crippen molar-refractivity contribution < 1.29 is 13.5 Å². The summed E-state index contributed by atoms with van der Waals surface area (Å²) in [5.74, 6) is 0.326. The van der Waals surface area contributed by atoms with Crippen molar-refractivity contribution in [3.63, 3.8) is 0 Å². The first-order chi connectivity index (χ1) is 6.56. The Morgan fingerprint density at radius 1 is 1.50 bits per heavy atom. The zero-order chi connectivity index (χ0) is 10.6. The number of rotatable bonds is 4. The Morgan fingerprint density at radius 3 is 2.79 bits per heavy atom. The van der Waals surface area contributed by atoms with E-state index < -0.39 is 9.84 Å². The highest BCUT2D eigenvalue weighted by molar-refractivity contribution is 7.92. The van der Waals surface area contributed by atoms with E-state index in [4.69, 9.17) is 5.11 Å². The van der Waals surface area contributed by atoms with Crippen molar-refractivity contribution in [2.24, 2.45) is 0 Å². The van der Waals surface area contributed by atoms with E-state index >= 15 is 0 Å². The molecule has 1 fully saturated rings. The molecule has 1 aliphatic heterocycles. The van der Waals surface area contributed by atoms with Gasteiger partial charge in [0.1, 0.15) is 0 Å². The van der Waals surface area contributed by atoms with Crippen LogP contribution in [0.25, 0.3) is 0 Å². The summed E-state index contributed by atoms with van der Waals surface area (Å²) in [6, 6.07) is -0.0212. The lowest BCUT2D eigenvalue weighted by Gasteiger charge is -2.23. The lowest BCUT2D eigenvalue weighted by atomic mass is 10.2. The van der Waals surface area contributed by atoms with Crippen LogP contribution >= 0.6 is 0 Å². The second-order valence-electron chi connectivity index (χ2n) is 3.98. The predicted molar refractivity (Wildman–Crippen MR) is 56.0 cm³/mol. The largest absolute Gasteiger partial charge is 0.395 e. The van der Waals surface area contributed by atoms with Gasteiger partial charge in [0, 0.05) is 12.6 Å². The molecule has 0 aliphatic carbocycles. The molecule has 14 heavy (non-hydrogen) atoms. The summed E-state index contributed by atoms with van der Waals surface area (Å²) in [7, 11) is -2.87. The minimum Gasteiger partial charge on any atom is -0.395 e. The lowest BCUT2D eigenvalue weighted by molar-refractivity contribution is 0.251. The third-order valence-electron chi connectivity index (χ3n) is 2.68. The summed E-state index contributed by atoms with van der Waals surface area (Å²) in [6.07, 6.45) is 2.56. The Balaban J connectivity index is 2.42. The first-order valence-electron chi connectivity index (χ1n) is 5.12. The Bertz CT molecular complexity index is 263. The van der Waals surface area contributed by atoms with Crippen LogP contribution in [0.1, 0.15) is 26.2 Å². The zero-order valence-electron chi connectivity index (χ0n) is 8.57. The SMILES string of the molecule is CC(CO)NCC1CCCCS1(=O)=O. The number of hydrogen-bond acceptors (Lipinski definition) is 4. The molecule has 0 spiro atoms. The second kappa shape index (κ2) is 5.09. The highest BCUT2D eigenvalue weighted by Gasteiger charge is 2.28. The first kappa shape index (κ1) is 11.9. The van der Waals surface area contributed by atoms with Gasteiger partial charge in [-0.1, -0.05) is 6.42 Å². The molecule has 1 heterocycles. The van der Waals surface area contributed by atoms with Gasteiger partial charge in [0.2, 0.25) is 0 Å². The average molecular weight is 221 g/mol. The van der Waals surface area contributed by atoms with Crippen molar-refractivity contribution in [2.45, 2.75) is 37.5 Å². The van der Waals surface area contributed by atoms with Crippen LogP contribution in [0, 0.1) is 0 Å². The summed E-state index contributed by atoms with van der Waals surface area (Å²) in [5.41, 5.74) is 0. The Hall–Kier alpha value is -0.130. The highest BCUT2D eigenvalue weighted by atomic mass is 32.2. The Morgan fingerprint density at radius 2 is 2.21 bits per heavy atom. The van der Waals surface area contributed by atoms with Crippen molar-refractivity contribution in [3.05, 3.63) is 0 Å². The maximum Gasteiger partial charge on any atom is 0.154 e. The number of nitrogens with one attached hydrogen (secondary N) is 1. The lowest BCUT2D eigenvalue weighted by Crippen LogP contribution is -2.41. The molecular formula is C9H19NO3S. The Labute approximate surface area is 85.6 Å². The number of hydrogen-bond donors (Lipinski definition) is 2. The van der Waals surface area contributed by atoms with Gasteiger partial charge in [0.05, 0.1) is 17.6 Å². The van der Waals surface area contributed by atoms with Crippen LogP contribution in [0.3, 0.4) is 0 Å². The fourth-order valence-electron chi connectivity index (χ4n) is 1.65. The maximum atomic E-state index is 11.6. The molecule has 84 valence electrons. The minimum atomic E-state index is -2.87. The van der Waals surface area contributed by atoms with E-state index in [1.165, 1.54) is 0 Å². The van der Waals surface area contributed by atoms with Crippen molar-refractivity contribution >= 4 is 9.84 Å². The third-order valence-corrected chi connectivity index (χ3v) is 4.96. The van der Waals surface area contributed by atoms with E-state index in [1.807, 2.05) is 6.92 Å². The molecule has 1 aliphatic rings. The number of aliphatic hydroxyl groups excluding tert-OH is 1. The van der Waals surface area contributed by atoms with Crippen LogP contribution in [0.2, 0.25) is 0 Å². The van der Waals surface area contributed by atoms with Gasteiger partial charge in [-0.15, -0.1) is 0 Å². The molecule has 0 saturated carbocycles. The third kappa shape index (κ3) is 3.22. The van der Waals surface area contributed by atoms with Crippen LogP contribution in [0.15, 0.2) is 0 Å². The molecule has 1 rings (SSSR count). The van der Waals surface area contributed by atoms with Crippen molar-refractivity contribution in [1.82, 2.24) is 5.32 Å². The molecular weight excluding hydrogens is 202 g/mol. The average Bonchev–Trinajstić information content (AvgIpc) is 2.15. The van der Waals surface area contributed by atoms with Crippen molar-refractivity contribution in [1.29, 1.82) is 0 Å². The molecule has 2 unspecified atom stereocenters. The van der Waals surface area contributed by atoms with Gasteiger partial charge in [0.25, 0.3) is 0 Å². The van der Waals surface area contributed by atoms with Crippen LogP contribution in [0.4, 0.5) is 0 Å². The molecule has 0 aromatic rings. The highest BCUT2D eigenvalue weighted by Crippen LogP contribution is 2.18. The topological polar surface area (TPSA) is 66.4 Å². The smallest absolute Gasteiger partial charge is 0.154 e. The monoisotopic (exact) mass is 221 g/mol. The Kier molecular flexibility index (Phi) is 4.34. The minimum absolute atomic E-state index is 0.0212. The molecule has 0 aromatic heterocycles. The normalized spacial score (nSPS) is 28.6. The standard InChI is InChI=1S/C9H19NO3S/c1-8(7-11)10-6-9-4-2-3-5-14(9,12)13/h8-11H,2-7H2,1H3. The molecule has 0 aromatic carbocycles. The van der Waals surface area contributed by atoms with Gasteiger partial charge in [-0.2, -0.15) is 0 Å². The van der Waals surface area contributed by atoms with Crippen LogP contribution in [-0.4, -0.2) is 43.7 Å². The fourth-order valence-corrected chi connectivity index (χ4v) is 3.46. The van der Waals surface area contributed by atoms with Crippen LogP contribution < -0.4 is 5.32 Å². The summed E-state index contributed by atoms with van der Waals surface area (Å²) in [4.78, 5) is 0. The van der Waals surface area contributed by atoms with Gasteiger partial charge in [0.15, 0.2) is 9.84 Å². The fraction of sp³-hybridized carbons (Fsp3) is 1.00. The van der Waals surface area contributed by atoms with Crippen molar-refractivity contribution in [3.8, 4) is 0 Å². The van der Waals surface area contributed by atoms with Gasteiger partial charge >= 0.3 is 0 Å². The van der Waals surface area contributed by atoms with Crippen molar-refractivity contribution in [2.75, 3.05) is 18.9 Å². The molecule has 0 radical (unpaired) electrons. The van der Waals surface area contributed by atoms with Gasteiger partial charge in [-0.3, -0.25) is 0 Å². The summed E-state index contributed by atoms with van der Waals surface area (Å²) in [6.45, 7) is 2.37. The van der Waals surface area contributed by atoms with Crippen LogP contribution in [0.5, 0.6) is 0 Å². The van der Waals surface area contributed by atoms with E-state index in [0.717, 1.165) is 19.3 Å². The molecule has 1 saturated heterocycles. The quantitative estimate of drug-likeness (QED) is 0.697. The van der Waals surface area contributed by atoms with E-state index in [1.54, 1.807) is 0 Å². The van der Waals surface area contributed by atoms with Gasteiger partial charge < -0.3 is 10.4 Å². The molecule has 2 N–H and O–H groups in total. The summed E-state index contributed by atoms with van der Waals surface area (Å²) >= 11 is 0. The number of aliphatic hydroxyl groups is 1. The molecule has 0 amide bonds. The predicted octanol–water partition coefficient (Wildman–Crippen LogP) is -0.0759. The zero-order valence-corrected chi connectivity index (χ0v) is 9.39. The van der Waals surface area contributed by atoms with Gasteiger partial charge in [-0.25, -0.2) is 8.42 Å². The molecule has 4 nitrogen and oxygen atoms in total. The molecule has 0 bridgehead atoms. The van der Waals surface area contributed by atoms with E-state index in [-0.39, 0.29) is 17.9 Å². The second-order valence-corrected chi connectivity index (χ2v) is 6.38. The van der Waals surface area contributed by atoms with Crippen LogP contribution in [-0.2, 0) is 9.84 Å². The summed E-state index contributed by atoms with van der Waals surface area (Å²) < 4.78 is 23.2. The van der Waals surface area contributed by atoms with Gasteiger partial charge in [-0.05, 0) is 19.8 Å². The first-order valence-corrected chi connectivity index (χ1v) is 6.83. The van der Waals surface area contributed by atoms with E-state index in [0.29, 0.717) is 12.3 Å². The molecule has 5 heteroatoms. The van der Waals surface area contributed by atoms with E-state index in [2.05, 4.69) is 5.32 Å². The molecule has 2 atom stereocenters. The maximum absolute atomic E-state index is 11.6. The number of sulfone groups is 1. The summed E-state index contributed by atoms with van der Waals surface area (Å²) in [5, 5.41) is 11.6.